The van der Waals surface area contributed by atoms with Gasteiger partial charge in [0.1, 0.15) is 0 Å². The van der Waals surface area contributed by atoms with Crippen LogP contribution in [-0.2, 0) is 0 Å². The lowest BCUT2D eigenvalue weighted by Crippen LogP contribution is -2.63. The molecule has 2 nitrogen and oxygen atoms in total. The van der Waals surface area contributed by atoms with E-state index in [-0.39, 0.29) is 0 Å². The molecule has 0 amide bonds. The lowest BCUT2D eigenvalue weighted by Gasteiger charge is -2.58. The number of hydrogen-bond donors (Lipinski definition) is 0. The lowest BCUT2D eigenvalue weighted by atomic mass is 9.62. The van der Waals surface area contributed by atoms with Gasteiger partial charge >= 0.3 is 0 Å². The molecule has 1 saturated carbocycles. The molecule has 86 valence electrons. The Balaban J connectivity index is 1.67. The molecule has 0 aromatic carbocycles. The van der Waals surface area contributed by atoms with E-state index in [0.29, 0.717) is 5.41 Å². The summed E-state index contributed by atoms with van der Waals surface area (Å²) in [5.74, 6) is 0. The summed E-state index contributed by atoms with van der Waals surface area (Å²) < 4.78 is 0. The first-order valence-corrected chi connectivity index (χ1v) is 6.73. The van der Waals surface area contributed by atoms with Crippen molar-refractivity contribution in [2.75, 3.05) is 26.2 Å². The first-order valence-electron chi connectivity index (χ1n) is 6.73. The van der Waals surface area contributed by atoms with E-state index in [4.69, 9.17) is 0 Å². The van der Waals surface area contributed by atoms with E-state index in [2.05, 4.69) is 23.6 Å². The average Bonchev–Trinajstić information content (AvgIpc) is 2.68. The molecule has 2 saturated heterocycles. The predicted octanol–water partition coefficient (Wildman–Crippen LogP) is 1.95. The number of hydrogen-bond acceptors (Lipinski definition) is 2. The fourth-order valence-electron chi connectivity index (χ4n) is 3.93. The Morgan fingerprint density at radius 2 is 2.07 bits per heavy atom. The molecular weight excluding hydrogens is 184 g/mol. The summed E-state index contributed by atoms with van der Waals surface area (Å²) in [6, 6.07) is 1.82. The number of likely N-dealkylation sites (tertiary alicyclic amines) is 2. The maximum absolute atomic E-state index is 2.78. The van der Waals surface area contributed by atoms with Gasteiger partial charge in [-0.2, -0.15) is 0 Å². The molecule has 0 N–H and O–H groups in total. The quantitative estimate of drug-likeness (QED) is 0.684. The van der Waals surface area contributed by atoms with Crippen LogP contribution in [0.25, 0.3) is 0 Å². The van der Waals surface area contributed by atoms with Crippen LogP contribution in [0.3, 0.4) is 0 Å². The van der Waals surface area contributed by atoms with Gasteiger partial charge in [-0.05, 0) is 51.1 Å². The van der Waals surface area contributed by atoms with Crippen molar-refractivity contribution < 1.29 is 0 Å². The fraction of sp³-hybridized carbons (Fsp3) is 1.00. The minimum Gasteiger partial charge on any atom is -0.303 e. The van der Waals surface area contributed by atoms with Crippen LogP contribution in [0.2, 0.25) is 0 Å². The largest absolute Gasteiger partial charge is 0.303 e. The normalized spacial score (nSPS) is 46.8. The second-order valence-corrected chi connectivity index (χ2v) is 5.91. The van der Waals surface area contributed by atoms with Crippen LogP contribution < -0.4 is 0 Å². The molecular formula is C13H24N2. The predicted molar refractivity (Wildman–Crippen MR) is 63.0 cm³/mol. The van der Waals surface area contributed by atoms with Crippen LogP contribution in [0.15, 0.2) is 0 Å². The Kier molecular flexibility index (Phi) is 2.33. The van der Waals surface area contributed by atoms with Crippen molar-refractivity contribution in [1.82, 2.24) is 9.80 Å². The first-order chi connectivity index (χ1) is 7.25. The highest BCUT2D eigenvalue weighted by atomic mass is 15.3. The van der Waals surface area contributed by atoms with Crippen LogP contribution in [0.1, 0.15) is 39.5 Å². The van der Waals surface area contributed by atoms with Crippen molar-refractivity contribution in [2.45, 2.75) is 51.6 Å². The highest BCUT2D eigenvalue weighted by molar-refractivity contribution is 5.08. The Morgan fingerprint density at radius 3 is 2.47 bits per heavy atom. The van der Waals surface area contributed by atoms with Crippen LogP contribution in [0.4, 0.5) is 0 Å². The van der Waals surface area contributed by atoms with Gasteiger partial charge in [-0.1, -0.05) is 6.92 Å². The van der Waals surface area contributed by atoms with Gasteiger partial charge in [-0.3, -0.25) is 4.90 Å². The summed E-state index contributed by atoms with van der Waals surface area (Å²) in [6.45, 7) is 10.1. The van der Waals surface area contributed by atoms with Crippen molar-refractivity contribution in [3.63, 3.8) is 0 Å². The van der Waals surface area contributed by atoms with Gasteiger partial charge in [0.2, 0.25) is 0 Å². The summed E-state index contributed by atoms with van der Waals surface area (Å²) in [4.78, 5) is 5.43. The fourth-order valence-corrected chi connectivity index (χ4v) is 3.93. The van der Waals surface area contributed by atoms with Crippen LogP contribution in [-0.4, -0.2) is 48.1 Å². The highest BCUT2D eigenvalue weighted by Gasteiger charge is 2.54. The Labute approximate surface area is 93.6 Å². The monoisotopic (exact) mass is 208 g/mol. The Bertz CT molecular complexity index is 253. The highest BCUT2D eigenvalue weighted by Crippen LogP contribution is 2.52. The molecule has 3 atom stereocenters. The number of rotatable bonds is 2. The van der Waals surface area contributed by atoms with Crippen molar-refractivity contribution in [3.8, 4) is 0 Å². The van der Waals surface area contributed by atoms with Gasteiger partial charge in [0, 0.05) is 25.2 Å². The molecule has 3 fully saturated rings. The summed E-state index contributed by atoms with van der Waals surface area (Å²) in [5.41, 5.74) is 0.713. The Morgan fingerprint density at radius 1 is 1.20 bits per heavy atom. The van der Waals surface area contributed by atoms with Gasteiger partial charge < -0.3 is 4.90 Å². The summed E-state index contributed by atoms with van der Waals surface area (Å²) in [5, 5.41) is 0. The smallest absolute Gasteiger partial charge is 0.0167 e. The van der Waals surface area contributed by atoms with E-state index in [1.54, 1.807) is 0 Å². The van der Waals surface area contributed by atoms with Crippen molar-refractivity contribution in [1.29, 1.82) is 0 Å². The molecule has 1 spiro atoms. The SMILES string of the molecule is CCN1CCC2(CCC2N2CCC2C)C1. The minimum atomic E-state index is 0.713. The zero-order valence-electron chi connectivity index (χ0n) is 10.2. The average molecular weight is 208 g/mol. The van der Waals surface area contributed by atoms with E-state index in [1.807, 2.05) is 0 Å². The van der Waals surface area contributed by atoms with Gasteiger partial charge in [-0.25, -0.2) is 0 Å². The molecule has 3 rings (SSSR count). The van der Waals surface area contributed by atoms with Gasteiger partial charge in [0.15, 0.2) is 0 Å². The molecule has 2 aliphatic heterocycles. The van der Waals surface area contributed by atoms with E-state index in [1.165, 1.54) is 51.9 Å². The van der Waals surface area contributed by atoms with E-state index in [0.717, 1.165) is 12.1 Å². The summed E-state index contributed by atoms with van der Waals surface area (Å²) in [6.07, 6.45) is 5.87. The molecule has 0 aromatic rings. The molecule has 0 bridgehead atoms. The minimum absolute atomic E-state index is 0.713. The molecule has 2 heteroatoms. The molecule has 0 aromatic heterocycles. The zero-order valence-corrected chi connectivity index (χ0v) is 10.2. The molecule has 2 heterocycles. The van der Waals surface area contributed by atoms with Crippen LogP contribution >= 0.6 is 0 Å². The van der Waals surface area contributed by atoms with E-state index in [9.17, 15) is 0 Å². The molecule has 3 unspecified atom stereocenters. The lowest BCUT2D eigenvalue weighted by molar-refractivity contribution is -0.0778. The third-order valence-corrected chi connectivity index (χ3v) is 5.31. The first kappa shape index (κ1) is 10.1. The topological polar surface area (TPSA) is 6.48 Å². The van der Waals surface area contributed by atoms with Crippen LogP contribution in [0, 0.1) is 5.41 Å². The molecule has 3 aliphatic rings. The summed E-state index contributed by atoms with van der Waals surface area (Å²) >= 11 is 0. The standard InChI is InChI=1S/C13H24N2/c1-3-14-9-7-13(10-14)6-4-12(13)15-8-5-11(15)2/h11-12H,3-10H2,1-2H3. The van der Waals surface area contributed by atoms with E-state index >= 15 is 0 Å². The Hall–Kier alpha value is -0.0800. The third kappa shape index (κ3) is 1.38. The van der Waals surface area contributed by atoms with E-state index < -0.39 is 0 Å². The maximum Gasteiger partial charge on any atom is 0.0167 e. The second kappa shape index (κ2) is 3.46. The maximum atomic E-state index is 2.78. The molecule has 15 heavy (non-hydrogen) atoms. The molecule has 0 radical (unpaired) electrons. The van der Waals surface area contributed by atoms with Crippen molar-refractivity contribution in [3.05, 3.63) is 0 Å². The van der Waals surface area contributed by atoms with Gasteiger partial charge in [0.05, 0.1) is 0 Å². The van der Waals surface area contributed by atoms with Gasteiger partial charge in [-0.15, -0.1) is 0 Å². The number of nitrogens with zero attached hydrogens (tertiary/aromatic N) is 2. The molecule has 1 aliphatic carbocycles. The van der Waals surface area contributed by atoms with Crippen molar-refractivity contribution in [2.24, 2.45) is 5.41 Å². The van der Waals surface area contributed by atoms with Crippen molar-refractivity contribution >= 4 is 0 Å². The summed E-state index contributed by atoms with van der Waals surface area (Å²) in [7, 11) is 0. The third-order valence-electron chi connectivity index (χ3n) is 5.31. The zero-order chi connectivity index (χ0) is 10.5. The van der Waals surface area contributed by atoms with Crippen LogP contribution in [0.5, 0.6) is 0 Å². The second-order valence-electron chi connectivity index (χ2n) is 5.91. The van der Waals surface area contributed by atoms with Gasteiger partial charge in [0.25, 0.3) is 0 Å².